The fourth-order valence-electron chi connectivity index (χ4n) is 2.53. The lowest BCUT2D eigenvalue weighted by Gasteiger charge is -2.33. The molecule has 0 aromatic carbocycles. The van der Waals surface area contributed by atoms with Crippen LogP contribution in [0.25, 0.3) is 0 Å². The van der Waals surface area contributed by atoms with E-state index in [0.29, 0.717) is 15.6 Å². The number of thiophene rings is 1. The van der Waals surface area contributed by atoms with Gasteiger partial charge >= 0.3 is 0 Å². The highest BCUT2D eigenvalue weighted by Gasteiger charge is 2.42. The zero-order chi connectivity index (χ0) is 19.1. The van der Waals surface area contributed by atoms with Crippen molar-refractivity contribution in [3.63, 3.8) is 0 Å². The van der Waals surface area contributed by atoms with Crippen molar-refractivity contribution in [3.8, 4) is 0 Å². The topological polar surface area (TPSA) is 118 Å². The Bertz CT molecular complexity index is 990. The number of pyridine rings is 1. The van der Waals surface area contributed by atoms with Crippen LogP contribution in [0.2, 0.25) is 5.02 Å². The van der Waals surface area contributed by atoms with Gasteiger partial charge in [-0.3, -0.25) is 4.79 Å². The van der Waals surface area contributed by atoms with Crippen molar-refractivity contribution in [2.75, 3.05) is 18.1 Å². The molecule has 3 N–H and O–H groups in total. The molecule has 0 radical (unpaired) electrons. The number of nitrogens with one attached hydrogen (secondary N) is 1. The third-order valence-electron chi connectivity index (χ3n) is 3.87. The first-order valence-corrected chi connectivity index (χ1v) is 10.3. The molecule has 1 amide bonds. The number of aliphatic imine (C=N–C) groups is 1. The second-order valence-electron chi connectivity index (χ2n) is 5.92. The first-order chi connectivity index (χ1) is 12.1. The molecule has 3 rings (SSSR count). The number of aromatic nitrogens is 1. The lowest BCUT2D eigenvalue weighted by atomic mass is 10.0. The van der Waals surface area contributed by atoms with Crippen LogP contribution in [0.4, 0.5) is 5.82 Å². The number of anilines is 1. The monoisotopic (exact) mass is 413 g/mol. The van der Waals surface area contributed by atoms with Crippen LogP contribution in [0.5, 0.6) is 0 Å². The summed E-state index contributed by atoms with van der Waals surface area (Å²) < 4.78 is 25.6. The molecule has 2 aromatic heterocycles. The lowest BCUT2D eigenvalue weighted by Crippen LogP contribution is -2.50. The van der Waals surface area contributed by atoms with Gasteiger partial charge in [0, 0.05) is 13.2 Å². The predicted octanol–water partition coefficient (Wildman–Crippen LogP) is 1.85. The van der Waals surface area contributed by atoms with E-state index >= 15 is 0 Å². The van der Waals surface area contributed by atoms with E-state index in [9.17, 15) is 13.2 Å². The molecule has 0 fully saturated rings. The van der Waals surface area contributed by atoms with Crippen molar-refractivity contribution in [1.29, 1.82) is 0 Å². The minimum atomic E-state index is -3.63. The van der Waals surface area contributed by atoms with E-state index in [-0.39, 0.29) is 16.7 Å². The van der Waals surface area contributed by atoms with Crippen LogP contribution < -0.4 is 11.1 Å². The highest BCUT2D eigenvalue weighted by atomic mass is 35.5. The van der Waals surface area contributed by atoms with Crippen molar-refractivity contribution in [1.82, 2.24) is 9.29 Å². The van der Waals surface area contributed by atoms with Crippen LogP contribution in [0, 0.1) is 0 Å². The number of carbonyl (C=O) groups excluding carboxylic acids is 1. The number of hydrogen-bond acceptors (Lipinski definition) is 7. The highest BCUT2D eigenvalue weighted by molar-refractivity contribution is 7.89. The molecule has 1 aliphatic rings. The van der Waals surface area contributed by atoms with Gasteiger partial charge in [-0.05, 0) is 25.1 Å². The Morgan fingerprint density at radius 3 is 2.81 bits per heavy atom. The standard InChI is InChI=1S/C15H16ClN5O3S2/c1-15(8-26(23,24)21(2)14(17)20-15)12-9(16)7-10(25-12)13(22)19-11-5-3-4-6-18-11/h3-7H,8H2,1-2H3,(H2,17,20)(H,18,19,22)/t15-/m0/s1. The number of rotatable bonds is 3. The fraction of sp³-hybridized carbons (Fsp3) is 0.267. The largest absolute Gasteiger partial charge is 0.369 e. The van der Waals surface area contributed by atoms with Crippen molar-refractivity contribution in [2.24, 2.45) is 10.7 Å². The molecule has 0 spiro atoms. The summed E-state index contributed by atoms with van der Waals surface area (Å²) in [5.74, 6) is -0.404. The third-order valence-corrected chi connectivity index (χ3v) is 7.62. The van der Waals surface area contributed by atoms with E-state index in [2.05, 4.69) is 15.3 Å². The minimum Gasteiger partial charge on any atom is -0.369 e. The van der Waals surface area contributed by atoms with E-state index in [1.165, 1.54) is 13.1 Å². The van der Waals surface area contributed by atoms with E-state index in [4.69, 9.17) is 17.3 Å². The second kappa shape index (κ2) is 6.53. The predicted molar refractivity (Wildman–Crippen MR) is 102 cm³/mol. The van der Waals surface area contributed by atoms with Gasteiger partial charge in [-0.1, -0.05) is 17.7 Å². The highest BCUT2D eigenvalue weighted by Crippen LogP contribution is 2.41. The maximum atomic E-state index is 12.4. The van der Waals surface area contributed by atoms with Crippen LogP contribution in [0.3, 0.4) is 0 Å². The van der Waals surface area contributed by atoms with Crippen LogP contribution in [-0.4, -0.2) is 42.4 Å². The number of sulfonamides is 1. The van der Waals surface area contributed by atoms with Gasteiger partial charge in [0.05, 0.1) is 20.5 Å². The Hall–Kier alpha value is -2.17. The van der Waals surface area contributed by atoms with E-state index < -0.39 is 21.5 Å². The number of amides is 1. The van der Waals surface area contributed by atoms with Gasteiger partial charge < -0.3 is 11.1 Å². The average molecular weight is 414 g/mol. The van der Waals surface area contributed by atoms with Crippen molar-refractivity contribution in [3.05, 3.63) is 45.2 Å². The maximum absolute atomic E-state index is 12.4. The number of carbonyl (C=O) groups is 1. The summed E-state index contributed by atoms with van der Waals surface area (Å²) in [6, 6.07) is 6.63. The zero-order valence-electron chi connectivity index (χ0n) is 13.9. The van der Waals surface area contributed by atoms with Crippen LogP contribution >= 0.6 is 22.9 Å². The first kappa shape index (κ1) is 18.6. The van der Waals surface area contributed by atoms with Gasteiger partial charge in [-0.15, -0.1) is 11.3 Å². The molecule has 0 bridgehead atoms. The molecule has 0 saturated carbocycles. The molecule has 1 aliphatic heterocycles. The summed E-state index contributed by atoms with van der Waals surface area (Å²) in [4.78, 5) is 21.5. The molecule has 2 aromatic rings. The van der Waals surface area contributed by atoms with Gasteiger partial charge in [0.25, 0.3) is 5.91 Å². The normalized spacial score (nSPS) is 22.0. The molecule has 26 heavy (non-hydrogen) atoms. The fourth-order valence-corrected chi connectivity index (χ4v) is 5.59. The summed E-state index contributed by atoms with van der Waals surface area (Å²) in [5.41, 5.74) is 4.59. The Kier molecular flexibility index (Phi) is 4.67. The molecule has 1 atom stereocenters. The SMILES string of the molecule is CN1C(N)=N[C@](C)(c2sc(C(=O)Nc3ccccn3)cc2Cl)CS1(=O)=O. The molecule has 0 saturated heterocycles. The molecule has 138 valence electrons. The average Bonchev–Trinajstić information content (AvgIpc) is 2.96. The first-order valence-electron chi connectivity index (χ1n) is 7.46. The van der Waals surface area contributed by atoms with E-state index in [1.807, 2.05) is 0 Å². The summed E-state index contributed by atoms with van der Waals surface area (Å²) in [5, 5.41) is 2.92. The Balaban J connectivity index is 1.94. The second-order valence-corrected chi connectivity index (χ2v) is 9.38. The molecule has 0 unspecified atom stereocenters. The number of halogens is 1. The van der Waals surface area contributed by atoms with Gasteiger partial charge in [0.15, 0.2) is 0 Å². The van der Waals surface area contributed by atoms with E-state index in [1.54, 1.807) is 31.3 Å². The number of guanidine groups is 1. The molecule has 3 heterocycles. The lowest BCUT2D eigenvalue weighted by molar-refractivity contribution is 0.103. The summed E-state index contributed by atoms with van der Waals surface area (Å²) in [7, 11) is -2.28. The number of hydrogen-bond donors (Lipinski definition) is 2. The van der Waals surface area contributed by atoms with Gasteiger partial charge in [0.1, 0.15) is 11.4 Å². The van der Waals surface area contributed by atoms with E-state index in [0.717, 1.165) is 15.6 Å². The van der Waals surface area contributed by atoms with Crippen LogP contribution in [-0.2, 0) is 15.6 Å². The quantitative estimate of drug-likeness (QED) is 0.796. The molecule has 8 nitrogen and oxygen atoms in total. The summed E-state index contributed by atoms with van der Waals surface area (Å²) in [6.45, 7) is 1.63. The maximum Gasteiger partial charge on any atom is 0.266 e. The molecule has 11 heteroatoms. The summed E-state index contributed by atoms with van der Waals surface area (Å²) >= 11 is 7.37. The smallest absolute Gasteiger partial charge is 0.266 e. The van der Waals surface area contributed by atoms with Crippen LogP contribution in [0.15, 0.2) is 35.5 Å². The van der Waals surface area contributed by atoms with Gasteiger partial charge in [0.2, 0.25) is 16.0 Å². The van der Waals surface area contributed by atoms with Crippen LogP contribution in [0.1, 0.15) is 21.5 Å². The van der Waals surface area contributed by atoms with Crippen molar-refractivity contribution in [2.45, 2.75) is 12.5 Å². The van der Waals surface area contributed by atoms with Crippen molar-refractivity contribution < 1.29 is 13.2 Å². The zero-order valence-corrected chi connectivity index (χ0v) is 16.3. The Morgan fingerprint density at radius 2 is 2.19 bits per heavy atom. The summed E-state index contributed by atoms with van der Waals surface area (Å²) in [6.07, 6.45) is 1.56. The molecular formula is C15H16ClN5O3S2. The van der Waals surface area contributed by atoms with Crippen molar-refractivity contribution >= 4 is 50.6 Å². The Morgan fingerprint density at radius 1 is 1.46 bits per heavy atom. The van der Waals surface area contributed by atoms with Gasteiger partial charge in [-0.2, -0.15) is 0 Å². The minimum absolute atomic E-state index is 0.122. The number of nitrogens with two attached hydrogens (primary N) is 1. The van der Waals surface area contributed by atoms with Gasteiger partial charge in [-0.25, -0.2) is 22.7 Å². The molecule has 0 aliphatic carbocycles. The third kappa shape index (κ3) is 3.39. The molecular weight excluding hydrogens is 398 g/mol. The number of nitrogens with zero attached hydrogens (tertiary/aromatic N) is 3. The Labute approximate surface area is 159 Å².